The monoisotopic (exact) mass is 383 g/mol. The van der Waals surface area contributed by atoms with Crippen LogP contribution in [0, 0.1) is 10.1 Å². The highest BCUT2D eigenvalue weighted by Gasteiger charge is 2.19. The first-order valence-corrected chi connectivity index (χ1v) is 9.60. The number of nitro groups is 1. The summed E-state index contributed by atoms with van der Waals surface area (Å²) in [5.74, 6) is -0.235. The summed E-state index contributed by atoms with van der Waals surface area (Å²) in [6, 6.07) is 12.0. The summed E-state index contributed by atoms with van der Waals surface area (Å²) in [7, 11) is 0. The van der Waals surface area contributed by atoms with Crippen LogP contribution in [0.15, 0.2) is 42.5 Å². The Morgan fingerprint density at radius 1 is 1.14 bits per heavy atom. The van der Waals surface area contributed by atoms with Crippen molar-refractivity contribution < 1.29 is 14.5 Å². The molecule has 1 N–H and O–H groups in total. The normalized spacial score (nSPS) is 14.5. The molecule has 3 rings (SSSR count). The molecule has 1 aliphatic heterocycles. The Morgan fingerprint density at radius 3 is 2.50 bits per heavy atom. The van der Waals surface area contributed by atoms with Gasteiger partial charge in [-0.3, -0.25) is 19.8 Å². The molecule has 1 aliphatic rings. The highest BCUT2D eigenvalue weighted by Crippen LogP contribution is 2.28. The van der Waals surface area contributed by atoms with Gasteiger partial charge >= 0.3 is 5.69 Å². The fraction of sp³-hybridized carbons (Fsp3) is 0.381. The number of amides is 1. The molecule has 0 atom stereocenters. The third-order valence-electron chi connectivity index (χ3n) is 4.78. The minimum Gasteiger partial charge on any atom is -0.487 e. The number of hydrogen-bond acceptors (Lipinski definition) is 5. The van der Waals surface area contributed by atoms with Crippen LogP contribution in [-0.2, 0) is 6.54 Å². The summed E-state index contributed by atoms with van der Waals surface area (Å²) < 4.78 is 5.25. The molecule has 28 heavy (non-hydrogen) atoms. The predicted octanol–water partition coefficient (Wildman–Crippen LogP) is 4.23. The first-order valence-electron chi connectivity index (χ1n) is 9.60. The molecule has 7 nitrogen and oxygen atoms in total. The van der Waals surface area contributed by atoms with Crippen LogP contribution in [0.3, 0.4) is 0 Å². The maximum atomic E-state index is 12.5. The van der Waals surface area contributed by atoms with Crippen LogP contribution >= 0.6 is 0 Å². The molecule has 0 aliphatic carbocycles. The summed E-state index contributed by atoms with van der Waals surface area (Å²) in [5, 5.41) is 14.0. The second-order valence-corrected chi connectivity index (χ2v) is 6.86. The van der Waals surface area contributed by atoms with Crippen LogP contribution in [-0.4, -0.2) is 35.4 Å². The number of likely N-dealkylation sites (tertiary alicyclic amines) is 1. The van der Waals surface area contributed by atoms with Crippen molar-refractivity contribution in [2.75, 3.05) is 25.0 Å². The molecule has 0 saturated carbocycles. The number of carbonyl (C=O) groups is 1. The van der Waals surface area contributed by atoms with Gasteiger partial charge in [-0.05, 0) is 62.7 Å². The van der Waals surface area contributed by atoms with Crippen molar-refractivity contribution >= 4 is 17.3 Å². The van der Waals surface area contributed by atoms with Gasteiger partial charge in [0, 0.05) is 23.9 Å². The van der Waals surface area contributed by atoms with Gasteiger partial charge in [0.05, 0.1) is 11.5 Å². The number of hydrogen-bond donors (Lipinski definition) is 1. The lowest BCUT2D eigenvalue weighted by molar-refractivity contribution is -0.385. The first kappa shape index (κ1) is 19.8. The van der Waals surface area contributed by atoms with Crippen molar-refractivity contribution in [3.8, 4) is 5.75 Å². The first-order chi connectivity index (χ1) is 13.6. The maximum Gasteiger partial charge on any atom is 0.311 e. The largest absolute Gasteiger partial charge is 0.487 e. The van der Waals surface area contributed by atoms with Crippen LogP contribution in [0.4, 0.5) is 11.4 Å². The summed E-state index contributed by atoms with van der Waals surface area (Å²) >= 11 is 0. The van der Waals surface area contributed by atoms with Crippen molar-refractivity contribution in [1.29, 1.82) is 0 Å². The third kappa shape index (κ3) is 5.07. The number of anilines is 1. The maximum absolute atomic E-state index is 12.5. The zero-order valence-electron chi connectivity index (χ0n) is 16.0. The van der Waals surface area contributed by atoms with E-state index in [1.54, 1.807) is 6.92 Å². The van der Waals surface area contributed by atoms with Gasteiger partial charge < -0.3 is 10.1 Å². The number of nitrogens with one attached hydrogen (secondary N) is 1. The minimum atomic E-state index is -0.544. The molecule has 2 aromatic carbocycles. The summed E-state index contributed by atoms with van der Waals surface area (Å²) in [6.45, 7) is 5.25. The van der Waals surface area contributed by atoms with Crippen LogP contribution in [0.25, 0.3) is 0 Å². The van der Waals surface area contributed by atoms with Gasteiger partial charge in [0.25, 0.3) is 5.91 Å². The van der Waals surface area contributed by atoms with Crippen molar-refractivity contribution in [3.05, 3.63) is 63.7 Å². The molecular weight excluding hydrogens is 358 g/mol. The topological polar surface area (TPSA) is 84.7 Å². The van der Waals surface area contributed by atoms with Gasteiger partial charge in [-0.25, -0.2) is 0 Å². The lowest BCUT2D eigenvalue weighted by Gasteiger charge is -2.26. The van der Waals surface area contributed by atoms with E-state index in [0.717, 1.165) is 19.6 Å². The van der Waals surface area contributed by atoms with E-state index in [1.807, 2.05) is 24.3 Å². The molecule has 7 heteroatoms. The number of carbonyl (C=O) groups excluding carboxylic acids is 1. The molecule has 0 aromatic heterocycles. The van der Waals surface area contributed by atoms with Gasteiger partial charge in [-0.2, -0.15) is 0 Å². The van der Waals surface area contributed by atoms with Gasteiger partial charge in [0.2, 0.25) is 0 Å². The summed E-state index contributed by atoms with van der Waals surface area (Å²) in [6.07, 6.45) is 3.82. The quantitative estimate of drug-likeness (QED) is 0.571. The number of piperidine rings is 1. The standard InChI is InChI=1S/C21H25N3O4/c1-2-28-20-11-8-17(14-19(20)24(26)27)21(25)22-18-9-6-16(7-10-18)15-23-12-4-3-5-13-23/h6-11,14H,2-5,12-13,15H2,1H3,(H,22,25). The molecule has 0 bridgehead atoms. The van der Waals surface area contributed by atoms with E-state index in [4.69, 9.17) is 4.74 Å². The van der Waals surface area contributed by atoms with E-state index >= 15 is 0 Å². The molecular formula is C21H25N3O4. The second kappa shape index (κ2) is 9.32. The molecule has 1 heterocycles. The third-order valence-corrected chi connectivity index (χ3v) is 4.78. The van der Waals surface area contributed by atoms with Gasteiger partial charge in [-0.15, -0.1) is 0 Å². The number of ether oxygens (including phenoxy) is 1. The Balaban J connectivity index is 1.65. The van der Waals surface area contributed by atoms with E-state index in [0.29, 0.717) is 12.3 Å². The average molecular weight is 383 g/mol. The predicted molar refractivity (Wildman–Crippen MR) is 108 cm³/mol. The van der Waals surface area contributed by atoms with Crippen LogP contribution in [0.1, 0.15) is 42.1 Å². The number of rotatable bonds is 7. The molecule has 2 aromatic rings. The molecule has 0 unspecified atom stereocenters. The van der Waals surface area contributed by atoms with Gasteiger partial charge in [0.1, 0.15) is 0 Å². The highest BCUT2D eigenvalue weighted by atomic mass is 16.6. The Kier molecular flexibility index (Phi) is 6.60. The van der Waals surface area contributed by atoms with E-state index < -0.39 is 10.8 Å². The zero-order chi connectivity index (χ0) is 19.9. The highest BCUT2D eigenvalue weighted by molar-refractivity contribution is 6.04. The Hall–Kier alpha value is -2.93. The molecule has 0 spiro atoms. The van der Waals surface area contributed by atoms with E-state index in [-0.39, 0.29) is 17.0 Å². The number of nitrogens with zero attached hydrogens (tertiary/aromatic N) is 2. The number of nitro benzene ring substituents is 1. The molecule has 1 fully saturated rings. The van der Waals surface area contributed by atoms with Gasteiger partial charge in [0.15, 0.2) is 5.75 Å². The molecule has 1 saturated heterocycles. The summed E-state index contributed by atoms with van der Waals surface area (Å²) in [4.78, 5) is 25.6. The fourth-order valence-corrected chi connectivity index (χ4v) is 3.35. The van der Waals surface area contributed by atoms with Crippen LogP contribution in [0.5, 0.6) is 5.75 Å². The second-order valence-electron chi connectivity index (χ2n) is 6.86. The van der Waals surface area contributed by atoms with E-state index in [2.05, 4.69) is 10.2 Å². The molecule has 148 valence electrons. The summed E-state index contributed by atoms with van der Waals surface area (Å²) in [5.41, 5.74) is 1.86. The lowest BCUT2D eigenvalue weighted by atomic mass is 10.1. The van der Waals surface area contributed by atoms with Crippen LogP contribution < -0.4 is 10.1 Å². The van der Waals surface area contributed by atoms with E-state index in [1.165, 1.54) is 43.0 Å². The van der Waals surface area contributed by atoms with Crippen molar-refractivity contribution in [2.45, 2.75) is 32.7 Å². The van der Waals surface area contributed by atoms with E-state index in [9.17, 15) is 14.9 Å². The Labute approximate surface area is 164 Å². The average Bonchev–Trinajstić information content (AvgIpc) is 2.70. The Morgan fingerprint density at radius 2 is 1.86 bits per heavy atom. The van der Waals surface area contributed by atoms with Crippen molar-refractivity contribution in [3.63, 3.8) is 0 Å². The van der Waals surface area contributed by atoms with Gasteiger partial charge in [-0.1, -0.05) is 18.6 Å². The fourth-order valence-electron chi connectivity index (χ4n) is 3.35. The number of benzene rings is 2. The van der Waals surface area contributed by atoms with Crippen LogP contribution in [0.2, 0.25) is 0 Å². The molecule has 0 radical (unpaired) electrons. The van der Waals surface area contributed by atoms with Crippen molar-refractivity contribution in [2.24, 2.45) is 0 Å². The van der Waals surface area contributed by atoms with Crippen molar-refractivity contribution in [1.82, 2.24) is 4.90 Å². The zero-order valence-corrected chi connectivity index (χ0v) is 16.0. The SMILES string of the molecule is CCOc1ccc(C(=O)Nc2ccc(CN3CCCCC3)cc2)cc1[N+](=O)[O-]. The minimum absolute atomic E-state index is 0.158. The lowest BCUT2D eigenvalue weighted by Crippen LogP contribution is -2.29. The Bertz CT molecular complexity index is 830. The smallest absolute Gasteiger partial charge is 0.311 e. The molecule has 1 amide bonds.